The molecule has 0 saturated carbocycles. The molecular weight excluding hydrogens is 656 g/mol. The summed E-state index contributed by atoms with van der Waals surface area (Å²) in [5.41, 5.74) is 5.93. The van der Waals surface area contributed by atoms with Gasteiger partial charge in [-0.25, -0.2) is 14.8 Å². The van der Waals surface area contributed by atoms with Crippen LogP contribution in [0.2, 0.25) is 0 Å². The number of benzene rings is 3. The van der Waals surface area contributed by atoms with E-state index in [0.29, 0.717) is 6.54 Å². The maximum absolute atomic E-state index is 13.6. The molecule has 12 heteroatoms. The minimum absolute atomic E-state index is 0.0428. The van der Waals surface area contributed by atoms with E-state index in [9.17, 15) is 14.4 Å². The van der Waals surface area contributed by atoms with E-state index in [1.165, 1.54) is 7.11 Å². The fourth-order valence-corrected chi connectivity index (χ4v) is 7.58. The van der Waals surface area contributed by atoms with Crippen LogP contribution < -0.4 is 5.32 Å². The summed E-state index contributed by atoms with van der Waals surface area (Å²) in [6.07, 6.45) is 4.74. The molecule has 7 rings (SSSR count). The monoisotopic (exact) mass is 704 g/mol. The summed E-state index contributed by atoms with van der Waals surface area (Å²) >= 11 is 0. The fraction of sp³-hybridized carbons (Fsp3) is 0.425. The Bertz CT molecular complexity index is 2120. The highest BCUT2D eigenvalue weighted by atomic mass is 16.5. The van der Waals surface area contributed by atoms with Crippen LogP contribution in [0.15, 0.2) is 60.8 Å². The van der Waals surface area contributed by atoms with Crippen molar-refractivity contribution in [3.63, 3.8) is 0 Å². The van der Waals surface area contributed by atoms with Crippen molar-refractivity contribution in [1.29, 1.82) is 0 Å². The number of likely N-dealkylation sites (tertiary alicyclic amines) is 2. The Morgan fingerprint density at radius 1 is 0.827 bits per heavy atom. The number of nitrogens with one attached hydrogen (secondary N) is 3. The van der Waals surface area contributed by atoms with Gasteiger partial charge in [0.05, 0.1) is 48.2 Å². The number of hydrogen-bond donors (Lipinski definition) is 3. The summed E-state index contributed by atoms with van der Waals surface area (Å²) < 4.78 is 4.76. The lowest BCUT2D eigenvalue weighted by atomic mass is 9.99. The average Bonchev–Trinajstić information content (AvgIpc) is 3.97. The van der Waals surface area contributed by atoms with Crippen molar-refractivity contribution >= 4 is 39.7 Å². The number of aromatic amines is 2. The van der Waals surface area contributed by atoms with Crippen LogP contribution in [-0.2, 0) is 14.3 Å². The zero-order valence-corrected chi connectivity index (χ0v) is 30.8. The number of imidazole rings is 2. The highest BCUT2D eigenvalue weighted by molar-refractivity contribution is 5.92. The number of rotatable bonds is 9. The second-order valence-electron chi connectivity index (χ2n) is 14.7. The molecule has 5 aromatic rings. The van der Waals surface area contributed by atoms with Crippen LogP contribution in [0.4, 0.5) is 4.79 Å². The average molecular weight is 705 g/mol. The predicted molar refractivity (Wildman–Crippen MR) is 201 cm³/mol. The maximum atomic E-state index is 13.6. The fourth-order valence-electron chi connectivity index (χ4n) is 7.58. The number of aromatic nitrogens is 4. The normalized spacial score (nSPS) is 18.8. The maximum Gasteiger partial charge on any atom is 0.407 e. The second kappa shape index (κ2) is 14.4. The Kier molecular flexibility index (Phi) is 9.76. The molecule has 272 valence electrons. The van der Waals surface area contributed by atoms with E-state index < -0.39 is 12.1 Å². The van der Waals surface area contributed by atoms with Crippen LogP contribution >= 0.6 is 0 Å². The molecule has 0 aliphatic carbocycles. The second-order valence-corrected chi connectivity index (χ2v) is 14.7. The van der Waals surface area contributed by atoms with E-state index in [1.54, 1.807) is 0 Å². The number of ether oxygens (including phenoxy) is 1. The number of H-pyrrole nitrogens is 2. The standard InChI is InChI=1S/C40H48N8O4/c1-23(2)35(45-40(51)52-6)39(50)48-18-7-9-33(48)36-41-22-32(44-36)29-14-13-25-19-26(11-12-27(25)20-29)28-15-16-30-31(21-28)43-37(42-30)34-10-8-17-47(34)38(49)24(3)46(4)5/h11-16,19-24,33-35H,7-10,17-18H2,1-6H3,(H,41,44)(H,42,43)(H,45,51)/t24-,33+,34+,35+/m1/s1. The number of hydrogen-bond acceptors (Lipinski definition) is 7. The van der Waals surface area contributed by atoms with Crippen LogP contribution in [-0.4, -0.2) is 98.9 Å². The molecule has 0 unspecified atom stereocenters. The first-order chi connectivity index (χ1) is 25.0. The molecular formula is C40H48N8O4. The molecule has 0 radical (unpaired) electrons. The summed E-state index contributed by atoms with van der Waals surface area (Å²) in [5.74, 6) is 1.50. The first-order valence-electron chi connectivity index (χ1n) is 18.2. The van der Waals surface area contributed by atoms with Crippen LogP contribution in [0.1, 0.15) is 70.2 Å². The number of likely N-dealkylation sites (N-methyl/N-ethyl adjacent to an activating group) is 1. The molecule has 52 heavy (non-hydrogen) atoms. The third kappa shape index (κ3) is 6.74. The largest absolute Gasteiger partial charge is 0.453 e. The SMILES string of the molecule is COC(=O)N[C@H](C(=O)N1CCC[C@H]1c1ncc(-c2ccc3cc(-c4ccc5nc([C@@H]6CCCN6C(=O)[C@@H](C)N(C)C)[nH]c5c4)ccc3c2)[nH]1)C(C)C. The molecule has 4 heterocycles. The molecule has 2 aromatic heterocycles. The van der Waals surface area contributed by atoms with Crippen molar-refractivity contribution in [2.24, 2.45) is 5.92 Å². The summed E-state index contributed by atoms with van der Waals surface area (Å²) in [7, 11) is 5.17. The molecule has 2 saturated heterocycles. The first-order valence-corrected chi connectivity index (χ1v) is 18.2. The Labute approximate surface area is 303 Å². The summed E-state index contributed by atoms with van der Waals surface area (Å²) in [6, 6.07) is 18.0. The van der Waals surface area contributed by atoms with Gasteiger partial charge in [-0.3, -0.25) is 14.5 Å². The van der Waals surface area contributed by atoms with Crippen LogP contribution in [0.25, 0.3) is 44.2 Å². The van der Waals surface area contributed by atoms with Gasteiger partial charge in [-0.2, -0.15) is 0 Å². The molecule has 2 fully saturated rings. The molecule has 3 amide bonds. The van der Waals surface area contributed by atoms with Crippen molar-refractivity contribution in [3.05, 3.63) is 72.4 Å². The molecule has 4 atom stereocenters. The smallest absolute Gasteiger partial charge is 0.407 e. The van der Waals surface area contributed by atoms with Gasteiger partial charge < -0.3 is 29.8 Å². The van der Waals surface area contributed by atoms with E-state index in [1.807, 2.05) is 55.8 Å². The predicted octanol–water partition coefficient (Wildman–Crippen LogP) is 6.43. The number of alkyl carbamates (subject to hydrolysis) is 1. The van der Waals surface area contributed by atoms with E-state index in [-0.39, 0.29) is 35.9 Å². The molecule has 0 spiro atoms. The molecule has 2 aliphatic rings. The number of fused-ring (bicyclic) bond motifs is 2. The minimum Gasteiger partial charge on any atom is -0.453 e. The Hall–Kier alpha value is -5.23. The summed E-state index contributed by atoms with van der Waals surface area (Å²) in [6.45, 7) is 7.13. The van der Waals surface area contributed by atoms with E-state index in [0.717, 1.165) is 88.1 Å². The van der Waals surface area contributed by atoms with Gasteiger partial charge in [-0.1, -0.05) is 44.2 Å². The Morgan fingerprint density at radius 3 is 2.12 bits per heavy atom. The molecule has 0 bridgehead atoms. The molecule has 3 N–H and O–H groups in total. The highest BCUT2D eigenvalue weighted by Crippen LogP contribution is 2.36. The van der Waals surface area contributed by atoms with Crippen LogP contribution in [0.3, 0.4) is 0 Å². The lowest BCUT2D eigenvalue weighted by Crippen LogP contribution is -2.51. The number of methoxy groups -OCH3 is 1. The van der Waals surface area contributed by atoms with Crippen molar-refractivity contribution in [2.45, 2.75) is 70.6 Å². The van der Waals surface area contributed by atoms with Crippen LogP contribution in [0, 0.1) is 5.92 Å². The number of carbonyl (C=O) groups is 3. The summed E-state index contributed by atoms with van der Waals surface area (Å²) in [5, 5.41) is 4.93. The number of nitrogens with zero attached hydrogens (tertiary/aromatic N) is 5. The van der Waals surface area contributed by atoms with Gasteiger partial charge >= 0.3 is 6.09 Å². The van der Waals surface area contributed by atoms with Gasteiger partial charge in [0.25, 0.3) is 0 Å². The van der Waals surface area contributed by atoms with Gasteiger partial charge in [0.1, 0.15) is 17.7 Å². The summed E-state index contributed by atoms with van der Waals surface area (Å²) in [4.78, 5) is 61.1. The lowest BCUT2D eigenvalue weighted by molar-refractivity contribution is -0.137. The van der Waals surface area contributed by atoms with Crippen molar-refractivity contribution in [2.75, 3.05) is 34.3 Å². The van der Waals surface area contributed by atoms with E-state index >= 15 is 0 Å². The third-order valence-electron chi connectivity index (χ3n) is 10.8. The van der Waals surface area contributed by atoms with Gasteiger partial charge in [0, 0.05) is 18.7 Å². The van der Waals surface area contributed by atoms with Gasteiger partial charge in [0.2, 0.25) is 11.8 Å². The third-order valence-corrected chi connectivity index (χ3v) is 10.8. The molecule has 3 aromatic carbocycles. The minimum atomic E-state index is -0.677. The topological polar surface area (TPSA) is 140 Å². The quantitative estimate of drug-likeness (QED) is 0.161. The van der Waals surface area contributed by atoms with Crippen molar-refractivity contribution < 1.29 is 19.1 Å². The Morgan fingerprint density at radius 2 is 1.44 bits per heavy atom. The highest BCUT2D eigenvalue weighted by Gasteiger charge is 2.38. The van der Waals surface area contributed by atoms with Gasteiger partial charge in [-0.15, -0.1) is 0 Å². The molecule has 2 aliphatic heterocycles. The number of amides is 3. The van der Waals surface area contributed by atoms with E-state index in [2.05, 4.69) is 69.9 Å². The number of carbonyl (C=O) groups excluding carboxylic acids is 3. The first kappa shape index (κ1) is 35.2. The van der Waals surface area contributed by atoms with Crippen molar-refractivity contribution in [1.82, 2.24) is 40.0 Å². The van der Waals surface area contributed by atoms with E-state index in [4.69, 9.17) is 14.7 Å². The van der Waals surface area contributed by atoms with Crippen LogP contribution in [0.5, 0.6) is 0 Å². The molecule has 12 nitrogen and oxygen atoms in total. The zero-order valence-electron chi connectivity index (χ0n) is 30.8. The Balaban J connectivity index is 1.08. The van der Waals surface area contributed by atoms with Crippen molar-refractivity contribution in [3.8, 4) is 22.4 Å². The zero-order chi connectivity index (χ0) is 36.7. The van der Waals surface area contributed by atoms with Gasteiger partial charge in [0.15, 0.2) is 0 Å². The lowest BCUT2D eigenvalue weighted by Gasteiger charge is -2.30. The van der Waals surface area contributed by atoms with Gasteiger partial charge in [-0.05, 0) is 98.8 Å².